The summed E-state index contributed by atoms with van der Waals surface area (Å²) in [6, 6.07) is 7.76. The summed E-state index contributed by atoms with van der Waals surface area (Å²) in [7, 11) is 0. The number of hydrogen-bond acceptors (Lipinski definition) is 8. The van der Waals surface area contributed by atoms with Crippen molar-refractivity contribution < 1.29 is 9.15 Å². The van der Waals surface area contributed by atoms with Crippen LogP contribution >= 0.6 is 23.1 Å². The Morgan fingerprint density at radius 2 is 2.14 bits per heavy atom. The van der Waals surface area contributed by atoms with E-state index in [1.54, 1.807) is 22.2 Å². The molecule has 0 saturated heterocycles. The molecular formula is C20H17N5O2S2. The number of hydrogen-bond donors (Lipinski definition) is 0. The monoisotopic (exact) mass is 423 g/mol. The van der Waals surface area contributed by atoms with Gasteiger partial charge in [-0.15, -0.1) is 16.4 Å². The van der Waals surface area contributed by atoms with Gasteiger partial charge in [0.2, 0.25) is 0 Å². The number of thioether (sulfide) groups is 1. The van der Waals surface area contributed by atoms with Crippen LogP contribution in [-0.2, 0) is 23.5 Å². The first-order valence-corrected chi connectivity index (χ1v) is 11.1. The van der Waals surface area contributed by atoms with Crippen LogP contribution in [0.2, 0.25) is 0 Å². The van der Waals surface area contributed by atoms with Gasteiger partial charge in [-0.25, -0.2) is 19.5 Å². The normalized spacial score (nSPS) is 16.1. The van der Waals surface area contributed by atoms with Crippen LogP contribution in [-0.4, -0.2) is 30.2 Å². The molecule has 1 aliphatic rings. The number of oxazole rings is 1. The maximum Gasteiger partial charge on any atom is 0.257 e. The molecule has 4 aromatic heterocycles. The predicted molar refractivity (Wildman–Crippen MR) is 112 cm³/mol. The first-order chi connectivity index (χ1) is 14.1. The van der Waals surface area contributed by atoms with Crippen LogP contribution in [0.3, 0.4) is 0 Å². The van der Waals surface area contributed by atoms with Gasteiger partial charge in [0, 0.05) is 11.3 Å². The number of thiophene rings is 1. The standard InChI is InChI=1S/C20H17N5O2S2/c1-20(2)7-11-14(8-26-20)29-18-16(11)17-23-15(24-25(17)10-21-18)9-28-19-22-12-5-3-4-6-13(12)27-19/h3-6,10H,7-9H2,1-2H3. The molecule has 0 unspecified atom stereocenters. The zero-order valence-electron chi connectivity index (χ0n) is 15.9. The number of fused-ring (bicyclic) bond motifs is 6. The summed E-state index contributed by atoms with van der Waals surface area (Å²) in [5, 5.41) is 6.35. The summed E-state index contributed by atoms with van der Waals surface area (Å²) in [4.78, 5) is 16.2. The summed E-state index contributed by atoms with van der Waals surface area (Å²) in [6.07, 6.45) is 2.59. The molecule has 0 radical (unpaired) electrons. The van der Waals surface area contributed by atoms with Crippen molar-refractivity contribution in [1.82, 2.24) is 24.6 Å². The average Bonchev–Trinajstić information content (AvgIpc) is 3.38. The van der Waals surface area contributed by atoms with E-state index in [0.29, 0.717) is 17.6 Å². The van der Waals surface area contributed by atoms with Gasteiger partial charge in [-0.05, 0) is 31.5 Å². The molecule has 0 N–H and O–H groups in total. The summed E-state index contributed by atoms with van der Waals surface area (Å²) < 4.78 is 13.5. The minimum absolute atomic E-state index is 0.181. The third kappa shape index (κ3) is 2.92. The molecule has 29 heavy (non-hydrogen) atoms. The maximum absolute atomic E-state index is 5.97. The van der Waals surface area contributed by atoms with Gasteiger partial charge in [0.1, 0.15) is 16.7 Å². The first-order valence-electron chi connectivity index (χ1n) is 9.33. The highest BCUT2D eigenvalue weighted by Gasteiger charge is 2.30. The summed E-state index contributed by atoms with van der Waals surface area (Å²) in [5.74, 6) is 1.31. The zero-order chi connectivity index (χ0) is 19.6. The van der Waals surface area contributed by atoms with Crippen LogP contribution in [0.1, 0.15) is 30.1 Å². The van der Waals surface area contributed by atoms with E-state index < -0.39 is 0 Å². The Morgan fingerprint density at radius 1 is 1.24 bits per heavy atom. The molecular weight excluding hydrogens is 406 g/mol. The molecule has 1 aliphatic heterocycles. The average molecular weight is 424 g/mol. The lowest BCUT2D eigenvalue weighted by Crippen LogP contribution is -2.31. The van der Waals surface area contributed by atoms with Gasteiger partial charge in [0.15, 0.2) is 17.1 Å². The SMILES string of the molecule is CC1(C)Cc2c(sc3ncn4nc(CSc5nc6ccccc6o5)nc4c23)CO1. The fourth-order valence-corrected chi connectivity index (χ4v) is 5.44. The second-order valence-corrected chi connectivity index (χ2v) is 9.70. The molecule has 0 saturated carbocycles. The third-order valence-electron chi connectivity index (χ3n) is 5.05. The van der Waals surface area contributed by atoms with Gasteiger partial charge in [0.05, 0.1) is 23.3 Å². The van der Waals surface area contributed by atoms with Crippen LogP contribution in [0.15, 0.2) is 40.2 Å². The number of nitrogens with zero attached hydrogens (tertiary/aromatic N) is 5. The van der Waals surface area contributed by atoms with E-state index in [4.69, 9.17) is 14.1 Å². The molecule has 9 heteroatoms. The van der Waals surface area contributed by atoms with Gasteiger partial charge in [-0.3, -0.25) is 0 Å². The maximum atomic E-state index is 5.97. The van der Waals surface area contributed by atoms with E-state index in [9.17, 15) is 0 Å². The number of aromatic nitrogens is 5. The summed E-state index contributed by atoms with van der Waals surface area (Å²) in [6.45, 7) is 4.88. The summed E-state index contributed by atoms with van der Waals surface area (Å²) >= 11 is 3.19. The van der Waals surface area contributed by atoms with Crippen molar-refractivity contribution in [2.45, 2.75) is 43.5 Å². The van der Waals surface area contributed by atoms with Gasteiger partial charge in [-0.2, -0.15) is 0 Å². The molecule has 0 fully saturated rings. The van der Waals surface area contributed by atoms with Crippen molar-refractivity contribution in [3.05, 3.63) is 46.9 Å². The van der Waals surface area contributed by atoms with E-state index in [1.807, 2.05) is 24.3 Å². The van der Waals surface area contributed by atoms with E-state index in [0.717, 1.165) is 39.2 Å². The Bertz CT molecular complexity index is 1350. The molecule has 0 amide bonds. The van der Waals surface area contributed by atoms with Gasteiger partial charge >= 0.3 is 0 Å². The van der Waals surface area contributed by atoms with E-state index in [2.05, 4.69) is 28.9 Å². The van der Waals surface area contributed by atoms with Crippen molar-refractivity contribution >= 4 is 50.1 Å². The quantitative estimate of drug-likeness (QED) is 0.392. The lowest BCUT2D eigenvalue weighted by Gasteiger charge is -2.30. The summed E-state index contributed by atoms with van der Waals surface area (Å²) in [5.41, 5.74) is 3.62. The first kappa shape index (κ1) is 17.4. The molecule has 0 aliphatic carbocycles. The van der Waals surface area contributed by atoms with Crippen LogP contribution in [0, 0.1) is 0 Å². The number of rotatable bonds is 3. The Labute approximate surface area is 174 Å². The molecule has 0 atom stereocenters. The second kappa shape index (κ2) is 6.25. The van der Waals surface area contributed by atoms with Gasteiger partial charge in [-0.1, -0.05) is 23.9 Å². The Kier molecular flexibility index (Phi) is 3.75. The zero-order valence-corrected chi connectivity index (χ0v) is 17.5. The van der Waals surface area contributed by atoms with E-state index in [-0.39, 0.29) is 5.60 Å². The molecule has 7 nitrogen and oxygen atoms in total. The van der Waals surface area contributed by atoms with Gasteiger partial charge < -0.3 is 9.15 Å². The number of para-hydroxylation sites is 2. The van der Waals surface area contributed by atoms with Crippen molar-refractivity contribution in [3.63, 3.8) is 0 Å². The lowest BCUT2D eigenvalue weighted by molar-refractivity contribution is -0.0379. The predicted octanol–water partition coefficient (Wildman–Crippen LogP) is 4.62. The minimum atomic E-state index is -0.181. The molecule has 0 spiro atoms. The van der Waals surface area contributed by atoms with E-state index in [1.165, 1.54) is 22.2 Å². The van der Waals surface area contributed by atoms with Crippen LogP contribution < -0.4 is 0 Å². The molecule has 5 heterocycles. The fraction of sp³-hybridized carbons (Fsp3) is 0.300. The van der Waals surface area contributed by atoms with Crippen molar-refractivity contribution in [3.8, 4) is 0 Å². The smallest absolute Gasteiger partial charge is 0.257 e. The highest BCUT2D eigenvalue weighted by molar-refractivity contribution is 7.98. The topological polar surface area (TPSA) is 78.3 Å². The molecule has 146 valence electrons. The van der Waals surface area contributed by atoms with E-state index >= 15 is 0 Å². The highest BCUT2D eigenvalue weighted by atomic mass is 32.2. The third-order valence-corrected chi connectivity index (χ3v) is 6.99. The Morgan fingerprint density at radius 3 is 3.03 bits per heavy atom. The molecule has 0 bridgehead atoms. The van der Waals surface area contributed by atoms with Gasteiger partial charge in [0.25, 0.3) is 5.22 Å². The molecule has 6 rings (SSSR count). The van der Waals surface area contributed by atoms with Crippen LogP contribution in [0.5, 0.6) is 0 Å². The largest absolute Gasteiger partial charge is 0.431 e. The van der Waals surface area contributed by atoms with Crippen molar-refractivity contribution in [2.75, 3.05) is 0 Å². The number of ether oxygens (including phenoxy) is 1. The van der Waals surface area contributed by atoms with Crippen molar-refractivity contribution in [1.29, 1.82) is 0 Å². The van der Waals surface area contributed by atoms with Crippen LogP contribution in [0.4, 0.5) is 0 Å². The second-order valence-electron chi connectivity index (χ2n) is 7.69. The Balaban J connectivity index is 1.36. The van der Waals surface area contributed by atoms with Crippen molar-refractivity contribution in [2.24, 2.45) is 0 Å². The highest BCUT2D eigenvalue weighted by Crippen LogP contribution is 2.39. The minimum Gasteiger partial charge on any atom is -0.431 e. The Hall–Kier alpha value is -2.49. The van der Waals surface area contributed by atoms with Crippen LogP contribution in [0.25, 0.3) is 27.0 Å². The number of benzene rings is 1. The molecule has 5 aromatic rings. The molecule has 1 aromatic carbocycles. The fourth-order valence-electron chi connectivity index (χ4n) is 3.69. The lowest BCUT2D eigenvalue weighted by atomic mass is 9.94.